The van der Waals surface area contributed by atoms with Crippen LogP contribution in [-0.4, -0.2) is 41.2 Å². The van der Waals surface area contributed by atoms with E-state index >= 15 is 0 Å². The van der Waals surface area contributed by atoms with E-state index in [4.69, 9.17) is 10.3 Å². The van der Waals surface area contributed by atoms with Gasteiger partial charge < -0.3 is 15.2 Å². The minimum atomic E-state index is 0.451. The van der Waals surface area contributed by atoms with Gasteiger partial charge in [-0.25, -0.2) is 0 Å². The van der Waals surface area contributed by atoms with Crippen molar-refractivity contribution in [2.24, 2.45) is 11.7 Å². The summed E-state index contributed by atoms with van der Waals surface area (Å²) in [5, 5.41) is 4.13. The minimum Gasteiger partial charge on any atom is -0.339 e. The zero-order valence-corrected chi connectivity index (χ0v) is 12.8. The Morgan fingerprint density at radius 1 is 1.20 bits per heavy atom. The summed E-state index contributed by atoms with van der Waals surface area (Å²) in [5.41, 5.74) is 5.73. The highest BCUT2D eigenvalue weighted by molar-refractivity contribution is 4.96. The summed E-state index contributed by atoms with van der Waals surface area (Å²) < 4.78 is 5.46. The number of nitrogens with zero attached hydrogens (tertiary/aromatic N) is 3. The van der Waals surface area contributed by atoms with E-state index in [0.29, 0.717) is 11.8 Å². The van der Waals surface area contributed by atoms with Crippen molar-refractivity contribution in [2.75, 3.05) is 26.2 Å². The fourth-order valence-corrected chi connectivity index (χ4v) is 2.98. The molecule has 2 N–H and O–H groups in total. The maximum atomic E-state index is 5.73. The van der Waals surface area contributed by atoms with Crippen LogP contribution in [0, 0.1) is 5.92 Å². The van der Waals surface area contributed by atoms with Gasteiger partial charge in [0.25, 0.3) is 0 Å². The van der Waals surface area contributed by atoms with E-state index in [1.807, 2.05) is 0 Å². The maximum Gasteiger partial charge on any atom is 0.229 e. The lowest BCUT2D eigenvalue weighted by Crippen LogP contribution is -2.25. The molecule has 0 atom stereocenters. The van der Waals surface area contributed by atoms with Gasteiger partial charge in [-0.1, -0.05) is 19.0 Å². The molecule has 2 rings (SSSR count). The SMILES string of the molecule is CCN(CC)CCc1noc(C2CCC(CN)CC2)n1. The van der Waals surface area contributed by atoms with Gasteiger partial charge in [-0.15, -0.1) is 0 Å². The molecular weight excluding hydrogens is 252 g/mol. The molecule has 1 aromatic rings. The van der Waals surface area contributed by atoms with Crippen LogP contribution < -0.4 is 5.73 Å². The average Bonchev–Trinajstić information content (AvgIpc) is 2.97. The lowest BCUT2D eigenvalue weighted by molar-refractivity contribution is 0.273. The van der Waals surface area contributed by atoms with Crippen LogP contribution in [0.15, 0.2) is 4.52 Å². The fourth-order valence-electron chi connectivity index (χ4n) is 2.98. The summed E-state index contributed by atoms with van der Waals surface area (Å²) in [6, 6.07) is 0. The summed E-state index contributed by atoms with van der Waals surface area (Å²) in [7, 11) is 0. The van der Waals surface area contributed by atoms with Gasteiger partial charge in [0, 0.05) is 18.9 Å². The van der Waals surface area contributed by atoms with Crippen molar-refractivity contribution >= 4 is 0 Å². The van der Waals surface area contributed by atoms with Crippen LogP contribution in [-0.2, 0) is 6.42 Å². The molecule has 1 fully saturated rings. The first-order valence-corrected chi connectivity index (χ1v) is 8.01. The van der Waals surface area contributed by atoms with Gasteiger partial charge in [0.2, 0.25) is 5.89 Å². The van der Waals surface area contributed by atoms with Gasteiger partial charge in [-0.3, -0.25) is 0 Å². The van der Waals surface area contributed by atoms with Crippen molar-refractivity contribution in [1.29, 1.82) is 0 Å². The molecule has 1 aliphatic rings. The average molecular weight is 280 g/mol. The van der Waals surface area contributed by atoms with Crippen LogP contribution in [0.2, 0.25) is 0 Å². The van der Waals surface area contributed by atoms with Crippen molar-refractivity contribution in [3.05, 3.63) is 11.7 Å². The van der Waals surface area contributed by atoms with E-state index in [1.165, 1.54) is 12.8 Å². The predicted octanol–water partition coefficient (Wildman–Crippen LogP) is 2.19. The van der Waals surface area contributed by atoms with E-state index in [2.05, 4.69) is 28.9 Å². The number of hydrogen-bond donors (Lipinski definition) is 1. The summed E-state index contributed by atoms with van der Waals surface area (Å²) in [4.78, 5) is 6.97. The Morgan fingerprint density at radius 2 is 1.90 bits per heavy atom. The zero-order valence-electron chi connectivity index (χ0n) is 12.8. The van der Waals surface area contributed by atoms with E-state index in [0.717, 1.165) is 57.2 Å². The summed E-state index contributed by atoms with van der Waals surface area (Å²) in [5.74, 6) is 2.84. The third kappa shape index (κ3) is 4.03. The molecule has 0 spiro atoms. The van der Waals surface area contributed by atoms with Crippen LogP contribution in [0.5, 0.6) is 0 Å². The first kappa shape index (κ1) is 15.4. The Labute approximate surface area is 121 Å². The number of aromatic nitrogens is 2. The van der Waals surface area contributed by atoms with Crippen LogP contribution in [0.25, 0.3) is 0 Å². The van der Waals surface area contributed by atoms with Crippen LogP contribution >= 0.6 is 0 Å². The second kappa shape index (κ2) is 7.74. The van der Waals surface area contributed by atoms with E-state index in [1.54, 1.807) is 0 Å². The highest BCUT2D eigenvalue weighted by atomic mass is 16.5. The van der Waals surface area contributed by atoms with Crippen molar-refractivity contribution in [3.8, 4) is 0 Å². The molecule has 0 radical (unpaired) electrons. The topological polar surface area (TPSA) is 68.2 Å². The van der Waals surface area contributed by atoms with Gasteiger partial charge in [0.1, 0.15) is 0 Å². The smallest absolute Gasteiger partial charge is 0.229 e. The van der Waals surface area contributed by atoms with Gasteiger partial charge >= 0.3 is 0 Å². The molecule has 1 aliphatic carbocycles. The number of likely N-dealkylation sites (N-methyl/N-ethyl adjacent to an activating group) is 1. The highest BCUT2D eigenvalue weighted by Gasteiger charge is 2.25. The standard InChI is InChI=1S/C15H28N4O/c1-3-19(4-2)10-9-14-17-15(20-18-14)13-7-5-12(11-16)6-8-13/h12-13H,3-11,16H2,1-2H3. The molecule has 0 amide bonds. The lowest BCUT2D eigenvalue weighted by atomic mass is 9.82. The van der Waals surface area contributed by atoms with Crippen molar-refractivity contribution in [2.45, 2.75) is 51.9 Å². The van der Waals surface area contributed by atoms with Gasteiger partial charge in [0.15, 0.2) is 5.82 Å². The first-order valence-electron chi connectivity index (χ1n) is 8.01. The Bertz CT molecular complexity index is 381. The maximum absolute atomic E-state index is 5.73. The molecule has 0 saturated heterocycles. The monoisotopic (exact) mass is 280 g/mol. The molecular formula is C15H28N4O. The zero-order chi connectivity index (χ0) is 14.4. The molecule has 0 aromatic carbocycles. The number of nitrogens with two attached hydrogens (primary N) is 1. The number of hydrogen-bond acceptors (Lipinski definition) is 5. The first-order chi connectivity index (χ1) is 9.76. The number of rotatable bonds is 7. The predicted molar refractivity (Wildman–Crippen MR) is 79.5 cm³/mol. The van der Waals surface area contributed by atoms with Crippen LogP contribution in [0.3, 0.4) is 0 Å². The Morgan fingerprint density at radius 3 is 2.50 bits per heavy atom. The summed E-state index contributed by atoms with van der Waals surface area (Å²) >= 11 is 0. The quantitative estimate of drug-likeness (QED) is 0.829. The highest BCUT2D eigenvalue weighted by Crippen LogP contribution is 2.34. The molecule has 20 heavy (non-hydrogen) atoms. The second-order valence-electron chi connectivity index (χ2n) is 5.78. The van der Waals surface area contributed by atoms with Gasteiger partial charge in [-0.2, -0.15) is 4.98 Å². The van der Waals surface area contributed by atoms with Crippen LogP contribution in [0.1, 0.15) is 57.2 Å². The fraction of sp³-hybridized carbons (Fsp3) is 0.867. The van der Waals surface area contributed by atoms with Gasteiger partial charge in [0.05, 0.1) is 0 Å². The van der Waals surface area contributed by atoms with E-state index < -0.39 is 0 Å². The third-order valence-corrected chi connectivity index (χ3v) is 4.56. The van der Waals surface area contributed by atoms with E-state index in [9.17, 15) is 0 Å². The molecule has 5 heteroatoms. The summed E-state index contributed by atoms with van der Waals surface area (Å²) in [6.45, 7) is 8.33. The van der Waals surface area contributed by atoms with Crippen LogP contribution in [0.4, 0.5) is 0 Å². The molecule has 0 unspecified atom stereocenters. The minimum absolute atomic E-state index is 0.451. The molecule has 0 aliphatic heterocycles. The normalized spacial score (nSPS) is 23.4. The van der Waals surface area contributed by atoms with Crippen molar-refractivity contribution < 1.29 is 4.52 Å². The molecule has 0 bridgehead atoms. The Kier molecular flexibility index (Phi) is 5.98. The Hall–Kier alpha value is -0.940. The van der Waals surface area contributed by atoms with E-state index in [-0.39, 0.29) is 0 Å². The van der Waals surface area contributed by atoms with Crippen molar-refractivity contribution in [1.82, 2.24) is 15.0 Å². The molecule has 114 valence electrons. The second-order valence-corrected chi connectivity index (χ2v) is 5.78. The largest absolute Gasteiger partial charge is 0.339 e. The molecule has 1 saturated carbocycles. The molecule has 1 aromatic heterocycles. The van der Waals surface area contributed by atoms with Gasteiger partial charge in [-0.05, 0) is 51.2 Å². The van der Waals surface area contributed by atoms with Crippen molar-refractivity contribution in [3.63, 3.8) is 0 Å². The summed E-state index contributed by atoms with van der Waals surface area (Å²) in [6.07, 6.45) is 5.54. The third-order valence-electron chi connectivity index (χ3n) is 4.56. The molecule has 5 nitrogen and oxygen atoms in total. The lowest BCUT2D eigenvalue weighted by Gasteiger charge is -2.24. The molecule has 1 heterocycles. The Balaban J connectivity index is 1.83.